The van der Waals surface area contributed by atoms with Crippen LogP contribution >= 0.6 is 0 Å². The minimum Gasteiger partial charge on any atom is -0.368 e. The lowest BCUT2D eigenvalue weighted by Gasteiger charge is -2.39. The number of alkyl halides is 3. The zero-order valence-electron chi connectivity index (χ0n) is 24.7. The van der Waals surface area contributed by atoms with Crippen molar-refractivity contribution in [3.63, 3.8) is 0 Å². The molecule has 1 amide bonds. The van der Waals surface area contributed by atoms with Gasteiger partial charge in [0.15, 0.2) is 0 Å². The Morgan fingerprint density at radius 1 is 1.05 bits per heavy atom. The van der Waals surface area contributed by atoms with Gasteiger partial charge in [-0.2, -0.15) is 13.2 Å². The summed E-state index contributed by atoms with van der Waals surface area (Å²) in [6.07, 6.45) is 5.78. The van der Waals surface area contributed by atoms with E-state index in [1.54, 1.807) is 11.2 Å². The van der Waals surface area contributed by atoms with Crippen molar-refractivity contribution in [1.29, 1.82) is 0 Å². The molecule has 13 heteroatoms. The van der Waals surface area contributed by atoms with Crippen LogP contribution in [0.15, 0.2) is 55.3 Å². The van der Waals surface area contributed by atoms with Crippen LogP contribution in [0.2, 0.25) is 0 Å². The summed E-state index contributed by atoms with van der Waals surface area (Å²) in [6.45, 7) is 10.3. The summed E-state index contributed by atoms with van der Waals surface area (Å²) in [4.78, 5) is 30.4. The Morgan fingerprint density at radius 3 is 2.49 bits per heavy atom. The first-order valence-corrected chi connectivity index (χ1v) is 14.3. The average Bonchev–Trinajstić information content (AvgIpc) is 3.40. The third-order valence-corrected chi connectivity index (χ3v) is 7.91. The number of aromatic nitrogens is 3. The van der Waals surface area contributed by atoms with Gasteiger partial charge in [0, 0.05) is 63.4 Å². The minimum absolute atomic E-state index is 0.316. The van der Waals surface area contributed by atoms with Gasteiger partial charge in [0.05, 0.1) is 46.4 Å². The molecule has 3 aromatic heterocycles. The zero-order valence-corrected chi connectivity index (χ0v) is 24.7. The molecule has 10 nitrogen and oxygen atoms in total. The number of hydrogen-bond acceptors (Lipinski definition) is 9. The number of amides is 1. The second-order valence-electron chi connectivity index (χ2n) is 10.7. The molecule has 0 unspecified atom stereocenters. The molecule has 0 spiro atoms. The molecule has 2 aliphatic rings. The Hall–Kier alpha value is -4.23. The van der Waals surface area contributed by atoms with Crippen LogP contribution in [0.1, 0.15) is 54.0 Å². The van der Waals surface area contributed by atoms with E-state index in [1.807, 2.05) is 37.6 Å². The number of halogens is 3. The first kappa shape index (κ1) is 30.2. The van der Waals surface area contributed by atoms with Crippen molar-refractivity contribution in [3.8, 4) is 0 Å². The fourth-order valence-electron chi connectivity index (χ4n) is 5.48. The van der Waals surface area contributed by atoms with Crippen LogP contribution in [0, 0.1) is 6.92 Å². The summed E-state index contributed by atoms with van der Waals surface area (Å²) in [5.41, 5.74) is 6.53. The first-order chi connectivity index (χ1) is 20.6. The van der Waals surface area contributed by atoms with Gasteiger partial charge in [0.25, 0.3) is 5.91 Å². The van der Waals surface area contributed by atoms with Gasteiger partial charge in [-0.1, -0.05) is 13.8 Å². The van der Waals surface area contributed by atoms with Crippen LogP contribution in [-0.2, 0) is 6.18 Å². The molecule has 0 radical (unpaired) electrons. The maximum absolute atomic E-state index is 13.1. The number of carbonyl (C=O) groups excluding carboxylic acids is 1. The molecule has 43 heavy (non-hydrogen) atoms. The van der Waals surface area contributed by atoms with Gasteiger partial charge in [0.1, 0.15) is 5.69 Å². The van der Waals surface area contributed by atoms with Gasteiger partial charge in [0.2, 0.25) is 0 Å². The number of anilines is 3. The van der Waals surface area contributed by atoms with E-state index in [9.17, 15) is 18.0 Å². The van der Waals surface area contributed by atoms with E-state index in [-0.39, 0.29) is 5.69 Å². The maximum atomic E-state index is 13.1. The van der Waals surface area contributed by atoms with Gasteiger partial charge >= 0.3 is 6.18 Å². The summed E-state index contributed by atoms with van der Waals surface area (Å²) >= 11 is 0. The molecule has 0 atom stereocenters. The van der Waals surface area contributed by atoms with Crippen molar-refractivity contribution < 1.29 is 18.0 Å². The molecule has 3 aromatic rings. The number of rotatable bonds is 8. The number of hydrogen-bond donors (Lipinski definition) is 2. The van der Waals surface area contributed by atoms with Crippen LogP contribution in [0.4, 0.5) is 30.2 Å². The van der Waals surface area contributed by atoms with E-state index < -0.39 is 17.6 Å². The van der Waals surface area contributed by atoms with E-state index in [1.165, 1.54) is 6.20 Å². The molecule has 2 aliphatic heterocycles. The Morgan fingerprint density at radius 2 is 1.79 bits per heavy atom. The second-order valence-corrected chi connectivity index (χ2v) is 10.7. The predicted molar refractivity (Wildman–Crippen MR) is 160 cm³/mol. The molecule has 2 N–H and O–H groups in total. The topological polar surface area (TPSA) is 92.8 Å². The first-order valence-electron chi connectivity index (χ1n) is 14.3. The standard InChI is InChI=1S/C30H36F3N9O/c1-5-24(6-2)40-9-11-41(12-10-40)25-13-21(16-34-18-25)27-19-42(39(4)38-27)28-15-23(17-36-20(28)3)37-29(43)26-14-22(7-8-35-26)30(31,32)33/h7-8,13-19,24,38H,5-6,9-12H2,1-4H3,(H,37,43). The van der Waals surface area contributed by atoms with Crippen molar-refractivity contribution in [1.82, 2.24) is 30.4 Å². The highest BCUT2D eigenvalue weighted by atomic mass is 19.4. The molecule has 0 bridgehead atoms. The zero-order chi connectivity index (χ0) is 30.7. The van der Waals surface area contributed by atoms with Gasteiger partial charge < -0.3 is 10.2 Å². The summed E-state index contributed by atoms with van der Waals surface area (Å²) < 4.78 is 39.3. The number of piperazine rings is 1. The number of hydrazine groups is 2. The number of nitrogens with one attached hydrogen (secondary N) is 2. The molecular weight excluding hydrogens is 559 g/mol. The van der Waals surface area contributed by atoms with E-state index in [4.69, 9.17) is 0 Å². The molecule has 5 rings (SSSR count). The smallest absolute Gasteiger partial charge is 0.368 e. The normalized spacial score (nSPS) is 16.4. The minimum atomic E-state index is -4.58. The second kappa shape index (κ2) is 12.6. The summed E-state index contributed by atoms with van der Waals surface area (Å²) in [7, 11) is 1.84. The Kier molecular flexibility index (Phi) is 8.83. The lowest BCUT2D eigenvalue weighted by atomic mass is 10.1. The Balaban J connectivity index is 1.31. The maximum Gasteiger partial charge on any atom is 0.416 e. The van der Waals surface area contributed by atoms with E-state index >= 15 is 0 Å². The third-order valence-electron chi connectivity index (χ3n) is 7.91. The number of nitrogens with zero attached hydrogens (tertiary/aromatic N) is 7. The van der Waals surface area contributed by atoms with Crippen molar-refractivity contribution in [3.05, 3.63) is 77.8 Å². The van der Waals surface area contributed by atoms with Crippen molar-refractivity contribution in [2.45, 2.75) is 45.8 Å². The predicted octanol–water partition coefficient (Wildman–Crippen LogP) is 4.93. The van der Waals surface area contributed by atoms with Gasteiger partial charge in [-0.3, -0.25) is 35.1 Å². The molecule has 0 saturated carbocycles. The number of carbonyl (C=O) groups is 1. The van der Waals surface area contributed by atoms with Gasteiger partial charge in [-0.05, 0) is 44.0 Å². The van der Waals surface area contributed by atoms with E-state index in [0.29, 0.717) is 23.1 Å². The summed E-state index contributed by atoms with van der Waals surface area (Å²) in [6, 6.07) is 6.00. The number of pyridine rings is 3. The van der Waals surface area contributed by atoms with Crippen LogP contribution < -0.4 is 20.7 Å². The fraction of sp³-hybridized carbons (Fsp3) is 0.400. The highest BCUT2D eigenvalue weighted by Crippen LogP contribution is 2.31. The summed E-state index contributed by atoms with van der Waals surface area (Å²) in [5.74, 6) is -0.768. The van der Waals surface area contributed by atoms with Crippen LogP contribution in [-0.4, -0.2) is 70.1 Å². The van der Waals surface area contributed by atoms with Gasteiger partial charge in [-0.25, -0.2) is 0 Å². The molecule has 5 heterocycles. The Labute approximate surface area is 249 Å². The van der Waals surface area contributed by atoms with E-state index in [2.05, 4.69) is 55.4 Å². The molecular formula is C30H36F3N9O. The molecule has 0 aromatic carbocycles. The van der Waals surface area contributed by atoms with Crippen LogP contribution in [0.5, 0.6) is 0 Å². The molecule has 1 fully saturated rings. The highest BCUT2D eigenvalue weighted by molar-refractivity contribution is 6.03. The van der Waals surface area contributed by atoms with Gasteiger partial charge in [-0.15, -0.1) is 5.12 Å². The highest BCUT2D eigenvalue weighted by Gasteiger charge is 2.31. The van der Waals surface area contributed by atoms with Crippen molar-refractivity contribution in [2.75, 3.05) is 48.5 Å². The average molecular weight is 596 g/mol. The fourth-order valence-corrected chi connectivity index (χ4v) is 5.48. The van der Waals surface area contributed by atoms with E-state index in [0.717, 1.165) is 74.3 Å². The quantitative estimate of drug-likeness (QED) is 0.376. The Bertz CT molecular complexity index is 1480. The third kappa shape index (κ3) is 6.73. The SMILES string of the molecule is CCC(CC)N1CCN(c2cncc(C3=CN(c4cc(NC(=O)c5cc(C(F)(F)F)ccn5)cnc4C)N(C)N3)c2)CC1. The van der Waals surface area contributed by atoms with Crippen molar-refractivity contribution >= 4 is 28.7 Å². The monoisotopic (exact) mass is 595 g/mol. The van der Waals surface area contributed by atoms with Crippen molar-refractivity contribution in [2.24, 2.45) is 0 Å². The lowest BCUT2D eigenvalue weighted by molar-refractivity contribution is -0.137. The van der Waals surface area contributed by atoms with Crippen LogP contribution in [0.3, 0.4) is 0 Å². The number of aryl methyl sites for hydroxylation is 1. The molecule has 1 saturated heterocycles. The summed E-state index contributed by atoms with van der Waals surface area (Å²) in [5, 5.41) is 6.23. The molecule has 0 aliphatic carbocycles. The lowest BCUT2D eigenvalue weighted by Crippen LogP contribution is -2.50. The molecule has 228 valence electrons. The van der Waals surface area contributed by atoms with Crippen LogP contribution in [0.25, 0.3) is 5.70 Å². The largest absolute Gasteiger partial charge is 0.416 e.